The van der Waals surface area contributed by atoms with Crippen molar-refractivity contribution in [2.24, 2.45) is 0 Å². The number of aryl methyl sites for hydroxylation is 1. The van der Waals surface area contributed by atoms with E-state index in [1.807, 2.05) is 31.2 Å². The third kappa shape index (κ3) is 6.46. The van der Waals surface area contributed by atoms with Gasteiger partial charge in [-0.3, -0.25) is 0 Å². The summed E-state index contributed by atoms with van der Waals surface area (Å²) >= 11 is 0. The van der Waals surface area contributed by atoms with E-state index < -0.39 is 6.10 Å². The summed E-state index contributed by atoms with van der Waals surface area (Å²) in [7, 11) is 0. The van der Waals surface area contributed by atoms with Gasteiger partial charge in [0, 0.05) is 13.2 Å². The molecule has 2 rings (SSSR count). The van der Waals surface area contributed by atoms with Gasteiger partial charge in [-0.25, -0.2) is 0 Å². The fourth-order valence-electron chi connectivity index (χ4n) is 2.45. The van der Waals surface area contributed by atoms with Crippen LogP contribution in [0.4, 0.5) is 0 Å². The Morgan fingerprint density at radius 3 is 2.86 bits per heavy atom. The van der Waals surface area contributed by atoms with E-state index in [0.717, 1.165) is 25.3 Å². The molecule has 1 aromatic carbocycles. The van der Waals surface area contributed by atoms with E-state index in [-0.39, 0.29) is 0 Å². The van der Waals surface area contributed by atoms with Gasteiger partial charge in [-0.05, 0) is 51.3 Å². The van der Waals surface area contributed by atoms with Gasteiger partial charge in [0.2, 0.25) is 0 Å². The minimum atomic E-state index is -0.487. The van der Waals surface area contributed by atoms with E-state index >= 15 is 0 Å². The molecule has 1 saturated heterocycles. The van der Waals surface area contributed by atoms with Gasteiger partial charge in [0.05, 0.1) is 6.10 Å². The Balaban J connectivity index is 1.52. The average molecular weight is 293 g/mol. The summed E-state index contributed by atoms with van der Waals surface area (Å²) in [5.41, 5.74) is 1.20. The van der Waals surface area contributed by atoms with Crippen LogP contribution in [0.1, 0.15) is 31.2 Å². The van der Waals surface area contributed by atoms with Crippen molar-refractivity contribution >= 4 is 0 Å². The first kappa shape index (κ1) is 16.3. The molecule has 2 unspecified atom stereocenters. The maximum atomic E-state index is 9.88. The minimum absolute atomic E-state index is 0.315. The number of hydrogen-bond donors (Lipinski definition) is 2. The van der Waals surface area contributed by atoms with Crippen LogP contribution >= 0.6 is 0 Å². The number of ether oxygens (including phenoxy) is 2. The van der Waals surface area contributed by atoms with E-state index in [0.29, 0.717) is 19.3 Å². The highest BCUT2D eigenvalue weighted by Gasteiger charge is 2.13. The Morgan fingerprint density at radius 1 is 1.33 bits per heavy atom. The molecule has 4 heteroatoms. The average Bonchev–Trinajstić information content (AvgIpc) is 2.52. The first-order valence-electron chi connectivity index (χ1n) is 7.94. The van der Waals surface area contributed by atoms with E-state index in [2.05, 4.69) is 5.32 Å². The number of aliphatic hydroxyl groups is 1. The van der Waals surface area contributed by atoms with E-state index in [1.165, 1.54) is 24.8 Å². The van der Waals surface area contributed by atoms with Gasteiger partial charge in [0.15, 0.2) is 0 Å². The van der Waals surface area contributed by atoms with Gasteiger partial charge in [0.1, 0.15) is 18.5 Å². The normalized spacial score (nSPS) is 20.2. The summed E-state index contributed by atoms with van der Waals surface area (Å²) in [6.07, 6.45) is 4.56. The first-order chi connectivity index (χ1) is 10.2. The summed E-state index contributed by atoms with van der Waals surface area (Å²) < 4.78 is 11.2. The lowest BCUT2D eigenvalue weighted by Gasteiger charge is -2.22. The summed E-state index contributed by atoms with van der Waals surface area (Å²) in [4.78, 5) is 0. The monoisotopic (exact) mass is 293 g/mol. The second kappa shape index (κ2) is 9.03. The minimum Gasteiger partial charge on any atom is -0.491 e. The zero-order valence-corrected chi connectivity index (χ0v) is 12.9. The van der Waals surface area contributed by atoms with Crippen LogP contribution in [0.5, 0.6) is 5.75 Å². The Bertz CT molecular complexity index is 388. The molecule has 1 aliphatic heterocycles. The van der Waals surface area contributed by atoms with Gasteiger partial charge in [-0.1, -0.05) is 17.7 Å². The Labute approximate surface area is 127 Å². The fraction of sp³-hybridized carbons (Fsp3) is 0.647. The molecule has 0 spiro atoms. The van der Waals surface area contributed by atoms with Gasteiger partial charge >= 0.3 is 0 Å². The maximum absolute atomic E-state index is 9.88. The fourth-order valence-corrected chi connectivity index (χ4v) is 2.45. The van der Waals surface area contributed by atoms with Crippen LogP contribution in [0, 0.1) is 6.92 Å². The Hall–Kier alpha value is -1.10. The second-order valence-corrected chi connectivity index (χ2v) is 5.76. The zero-order valence-electron chi connectivity index (χ0n) is 12.9. The van der Waals surface area contributed by atoms with Gasteiger partial charge in [0.25, 0.3) is 0 Å². The molecule has 0 aliphatic carbocycles. The molecule has 0 bridgehead atoms. The molecule has 0 radical (unpaired) electrons. The van der Waals surface area contributed by atoms with Crippen LogP contribution in [0.15, 0.2) is 24.3 Å². The van der Waals surface area contributed by atoms with Crippen LogP contribution in [-0.2, 0) is 4.74 Å². The van der Waals surface area contributed by atoms with Crippen molar-refractivity contribution < 1.29 is 14.6 Å². The lowest BCUT2D eigenvalue weighted by molar-refractivity contribution is 0.0109. The topological polar surface area (TPSA) is 50.7 Å². The predicted molar refractivity (Wildman–Crippen MR) is 83.8 cm³/mol. The molecule has 2 atom stereocenters. The van der Waals surface area contributed by atoms with Crippen LogP contribution in [0.2, 0.25) is 0 Å². The van der Waals surface area contributed by atoms with Crippen molar-refractivity contribution in [1.29, 1.82) is 0 Å². The Morgan fingerprint density at radius 2 is 2.14 bits per heavy atom. The molecule has 21 heavy (non-hydrogen) atoms. The molecular formula is C17H27NO3. The highest BCUT2D eigenvalue weighted by molar-refractivity contribution is 5.26. The van der Waals surface area contributed by atoms with E-state index in [1.54, 1.807) is 0 Å². The third-order valence-electron chi connectivity index (χ3n) is 3.76. The molecule has 0 aromatic heterocycles. The highest BCUT2D eigenvalue weighted by atomic mass is 16.5. The van der Waals surface area contributed by atoms with Gasteiger partial charge in [-0.15, -0.1) is 0 Å². The van der Waals surface area contributed by atoms with Crippen LogP contribution in [0.3, 0.4) is 0 Å². The standard InChI is InChI=1S/C17H27NO3/c1-14-5-7-17(8-6-14)21-13-15(19)12-18-10-9-16-4-2-3-11-20-16/h5-8,15-16,18-19H,2-4,9-13H2,1H3. The molecular weight excluding hydrogens is 266 g/mol. The van der Waals surface area contributed by atoms with Crippen molar-refractivity contribution in [3.8, 4) is 5.75 Å². The molecule has 4 nitrogen and oxygen atoms in total. The van der Waals surface area contributed by atoms with E-state index in [9.17, 15) is 5.11 Å². The number of aliphatic hydroxyl groups excluding tert-OH is 1. The van der Waals surface area contributed by atoms with Crippen LogP contribution < -0.4 is 10.1 Å². The summed E-state index contributed by atoms with van der Waals surface area (Å²) in [5.74, 6) is 0.801. The highest BCUT2D eigenvalue weighted by Crippen LogP contribution is 2.15. The molecule has 1 fully saturated rings. The summed E-state index contributed by atoms with van der Waals surface area (Å²) in [5, 5.41) is 13.2. The maximum Gasteiger partial charge on any atom is 0.119 e. The van der Waals surface area contributed by atoms with Crippen LogP contribution in [0.25, 0.3) is 0 Å². The lowest BCUT2D eigenvalue weighted by Crippen LogP contribution is -2.33. The zero-order chi connectivity index (χ0) is 14.9. The molecule has 0 saturated carbocycles. The summed E-state index contributed by atoms with van der Waals surface area (Å²) in [6.45, 7) is 4.69. The quantitative estimate of drug-likeness (QED) is 0.722. The van der Waals surface area contributed by atoms with Crippen molar-refractivity contribution in [1.82, 2.24) is 5.32 Å². The smallest absolute Gasteiger partial charge is 0.119 e. The predicted octanol–water partition coefficient (Wildman–Crippen LogP) is 2.28. The van der Waals surface area contributed by atoms with Crippen molar-refractivity contribution in [3.05, 3.63) is 29.8 Å². The molecule has 2 N–H and O–H groups in total. The third-order valence-corrected chi connectivity index (χ3v) is 3.76. The van der Waals surface area contributed by atoms with Gasteiger partial charge in [-0.2, -0.15) is 0 Å². The van der Waals surface area contributed by atoms with Crippen molar-refractivity contribution in [2.75, 3.05) is 26.3 Å². The number of nitrogens with one attached hydrogen (secondary N) is 1. The van der Waals surface area contributed by atoms with Crippen molar-refractivity contribution in [2.45, 2.75) is 44.8 Å². The summed E-state index contributed by atoms with van der Waals surface area (Å²) in [6, 6.07) is 7.86. The SMILES string of the molecule is Cc1ccc(OCC(O)CNCCC2CCCCO2)cc1. The molecule has 1 heterocycles. The second-order valence-electron chi connectivity index (χ2n) is 5.76. The number of benzene rings is 1. The van der Waals surface area contributed by atoms with E-state index in [4.69, 9.17) is 9.47 Å². The number of hydrogen-bond acceptors (Lipinski definition) is 4. The Kier molecular flexibility index (Phi) is 7.00. The van der Waals surface area contributed by atoms with Gasteiger partial charge < -0.3 is 19.9 Å². The molecule has 1 aromatic rings. The molecule has 118 valence electrons. The lowest BCUT2D eigenvalue weighted by atomic mass is 10.1. The van der Waals surface area contributed by atoms with Crippen LogP contribution in [-0.4, -0.2) is 43.6 Å². The van der Waals surface area contributed by atoms with Crippen molar-refractivity contribution in [3.63, 3.8) is 0 Å². The molecule has 0 amide bonds. The number of rotatable bonds is 8. The first-order valence-corrected chi connectivity index (χ1v) is 7.94. The molecule has 1 aliphatic rings. The largest absolute Gasteiger partial charge is 0.491 e.